The molecule has 0 aliphatic carbocycles. The van der Waals surface area contributed by atoms with Crippen molar-refractivity contribution in [3.63, 3.8) is 0 Å². The van der Waals surface area contributed by atoms with E-state index in [0.29, 0.717) is 0 Å². The van der Waals surface area contributed by atoms with Crippen LogP contribution in [0.3, 0.4) is 0 Å². The Labute approximate surface area is 115 Å². The van der Waals surface area contributed by atoms with Crippen molar-refractivity contribution in [3.05, 3.63) is 64.2 Å². The first-order valence-corrected chi connectivity index (χ1v) is 6.50. The van der Waals surface area contributed by atoms with Crippen LogP contribution in [0.15, 0.2) is 36.4 Å². The summed E-state index contributed by atoms with van der Waals surface area (Å²) in [7, 11) is 1.68. The van der Waals surface area contributed by atoms with Crippen LogP contribution in [0.2, 0.25) is 0 Å². The molecule has 1 heteroatoms. The third-order valence-electron chi connectivity index (χ3n) is 3.53. The molecule has 0 N–H and O–H groups in total. The first kappa shape index (κ1) is 13.4. The second kappa shape index (κ2) is 5.75. The van der Waals surface area contributed by atoms with Gasteiger partial charge in [-0.25, -0.2) is 0 Å². The van der Waals surface area contributed by atoms with E-state index >= 15 is 0 Å². The predicted molar refractivity (Wildman–Crippen MR) is 82.6 cm³/mol. The molecule has 0 heterocycles. The highest BCUT2D eigenvalue weighted by atomic mass is 16.5. The number of rotatable bonds is 3. The fourth-order valence-corrected chi connectivity index (χ4v) is 2.07. The van der Waals surface area contributed by atoms with Crippen molar-refractivity contribution in [2.24, 2.45) is 0 Å². The monoisotopic (exact) mass is 252 g/mol. The standard InChI is InChI=1S/C18H20O/c1-13-11-17(12-14(2)15(13)3)6-5-16-7-9-18(19-4)10-8-16/h5-12H,1-4H3/b6-5+. The van der Waals surface area contributed by atoms with Gasteiger partial charge in [-0.05, 0) is 60.7 Å². The minimum atomic E-state index is 0.888. The molecule has 0 spiro atoms. The summed E-state index contributed by atoms with van der Waals surface area (Å²) < 4.78 is 5.15. The van der Waals surface area contributed by atoms with Crippen molar-refractivity contribution < 1.29 is 4.74 Å². The Kier molecular flexibility index (Phi) is 4.06. The van der Waals surface area contributed by atoms with Crippen LogP contribution in [0.4, 0.5) is 0 Å². The molecular weight excluding hydrogens is 232 g/mol. The number of benzene rings is 2. The van der Waals surface area contributed by atoms with Crippen LogP contribution in [0.5, 0.6) is 5.75 Å². The summed E-state index contributed by atoms with van der Waals surface area (Å²) in [5, 5.41) is 0. The fourth-order valence-electron chi connectivity index (χ4n) is 2.07. The van der Waals surface area contributed by atoms with Gasteiger partial charge in [0.05, 0.1) is 7.11 Å². The zero-order chi connectivity index (χ0) is 13.8. The van der Waals surface area contributed by atoms with Crippen LogP contribution in [-0.2, 0) is 0 Å². The lowest BCUT2D eigenvalue weighted by atomic mass is 10.00. The average molecular weight is 252 g/mol. The molecule has 0 unspecified atom stereocenters. The van der Waals surface area contributed by atoms with E-state index in [1.54, 1.807) is 7.11 Å². The molecule has 0 bridgehead atoms. The lowest BCUT2D eigenvalue weighted by molar-refractivity contribution is 0.415. The molecule has 0 atom stereocenters. The molecule has 19 heavy (non-hydrogen) atoms. The molecule has 0 amide bonds. The maximum Gasteiger partial charge on any atom is 0.118 e. The molecule has 0 aliphatic rings. The summed E-state index contributed by atoms with van der Waals surface area (Å²) in [6, 6.07) is 12.5. The van der Waals surface area contributed by atoms with Crippen molar-refractivity contribution in [1.82, 2.24) is 0 Å². The van der Waals surface area contributed by atoms with Gasteiger partial charge in [0.25, 0.3) is 0 Å². The van der Waals surface area contributed by atoms with Crippen LogP contribution < -0.4 is 4.74 Å². The second-order valence-corrected chi connectivity index (χ2v) is 4.89. The first-order chi connectivity index (χ1) is 9.10. The number of methoxy groups -OCH3 is 1. The maximum absolute atomic E-state index is 5.15. The van der Waals surface area contributed by atoms with Gasteiger partial charge in [-0.1, -0.05) is 36.4 Å². The van der Waals surface area contributed by atoms with Crippen molar-refractivity contribution in [2.75, 3.05) is 7.11 Å². The number of aryl methyl sites for hydroxylation is 2. The molecule has 1 nitrogen and oxygen atoms in total. The number of hydrogen-bond donors (Lipinski definition) is 0. The van der Waals surface area contributed by atoms with Crippen LogP contribution >= 0.6 is 0 Å². The Hall–Kier alpha value is -2.02. The number of hydrogen-bond acceptors (Lipinski definition) is 1. The van der Waals surface area contributed by atoms with Crippen molar-refractivity contribution in [2.45, 2.75) is 20.8 Å². The average Bonchev–Trinajstić information content (AvgIpc) is 2.43. The van der Waals surface area contributed by atoms with E-state index in [2.05, 4.69) is 57.2 Å². The summed E-state index contributed by atoms with van der Waals surface area (Å²) in [5.74, 6) is 0.888. The van der Waals surface area contributed by atoms with E-state index in [1.807, 2.05) is 12.1 Å². The molecule has 2 aromatic rings. The summed E-state index contributed by atoms with van der Waals surface area (Å²) in [5.41, 5.74) is 6.48. The summed E-state index contributed by atoms with van der Waals surface area (Å²) in [4.78, 5) is 0. The highest BCUT2D eigenvalue weighted by molar-refractivity contribution is 5.70. The molecule has 0 aliphatic heterocycles. The molecule has 0 saturated carbocycles. The van der Waals surface area contributed by atoms with E-state index in [-0.39, 0.29) is 0 Å². The largest absolute Gasteiger partial charge is 0.497 e. The molecule has 0 radical (unpaired) electrons. The Morgan fingerprint density at radius 3 is 1.84 bits per heavy atom. The summed E-state index contributed by atoms with van der Waals surface area (Å²) in [6.45, 7) is 6.49. The first-order valence-electron chi connectivity index (χ1n) is 6.50. The molecule has 98 valence electrons. The highest BCUT2D eigenvalue weighted by Crippen LogP contribution is 2.18. The minimum absolute atomic E-state index is 0.888. The van der Waals surface area contributed by atoms with Crippen molar-refractivity contribution >= 4 is 12.2 Å². The minimum Gasteiger partial charge on any atom is -0.497 e. The lowest BCUT2D eigenvalue weighted by Gasteiger charge is -2.06. The predicted octanol–water partition coefficient (Wildman–Crippen LogP) is 4.79. The van der Waals surface area contributed by atoms with Gasteiger partial charge in [0.2, 0.25) is 0 Å². The molecule has 0 aromatic heterocycles. The third-order valence-corrected chi connectivity index (χ3v) is 3.53. The van der Waals surface area contributed by atoms with Crippen LogP contribution in [0, 0.1) is 20.8 Å². The summed E-state index contributed by atoms with van der Waals surface area (Å²) in [6.07, 6.45) is 4.28. The van der Waals surface area contributed by atoms with Gasteiger partial charge in [0, 0.05) is 0 Å². The molecule has 0 saturated heterocycles. The number of ether oxygens (including phenoxy) is 1. The molecule has 2 aromatic carbocycles. The lowest BCUT2D eigenvalue weighted by Crippen LogP contribution is -1.87. The highest BCUT2D eigenvalue weighted by Gasteiger charge is 1.98. The van der Waals surface area contributed by atoms with Gasteiger partial charge in [0.1, 0.15) is 5.75 Å². The normalized spacial score (nSPS) is 10.9. The second-order valence-electron chi connectivity index (χ2n) is 4.89. The maximum atomic E-state index is 5.15. The van der Waals surface area contributed by atoms with E-state index < -0.39 is 0 Å². The van der Waals surface area contributed by atoms with Crippen LogP contribution in [0.1, 0.15) is 27.8 Å². The fraction of sp³-hybridized carbons (Fsp3) is 0.222. The Morgan fingerprint density at radius 2 is 1.32 bits per heavy atom. The SMILES string of the molecule is COc1ccc(/C=C/c2cc(C)c(C)c(C)c2)cc1. The quantitative estimate of drug-likeness (QED) is 0.714. The molecule has 0 fully saturated rings. The zero-order valence-electron chi connectivity index (χ0n) is 12.0. The van der Waals surface area contributed by atoms with Crippen molar-refractivity contribution in [3.8, 4) is 5.75 Å². The Bertz CT molecular complexity index is 569. The smallest absolute Gasteiger partial charge is 0.118 e. The molecular formula is C18H20O. The van der Waals surface area contributed by atoms with E-state index in [0.717, 1.165) is 5.75 Å². The Balaban J connectivity index is 2.22. The Morgan fingerprint density at radius 1 is 0.789 bits per heavy atom. The zero-order valence-corrected chi connectivity index (χ0v) is 12.0. The van der Waals surface area contributed by atoms with Crippen LogP contribution in [-0.4, -0.2) is 7.11 Å². The van der Waals surface area contributed by atoms with E-state index in [9.17, 15) is 0 Å². The third kappa shape index (κ3) is 3.25. The van der Waals surface area contributed by atoms with Gasteiger partial charge in [0.15, 0.2) is 0 Å². The van der Waals surface area contributed by atoms with Crippen molar-refractivity contribution in [1.29, 1.82) is 0 Å². The summed E-state index contributed by atoms with van der Waals surface area (Å²) >= 11 is 0. The topological polar surface area (TPSA) is 9.23 Å². The van der Waals surface area contributed by atoms with Gasteiger partial charge < -0.3 is 4.74 Å². The van der Waals surface area contributed by atoms with E-state index in [4.69, 9.17) is 4.74 Å². The van der Waals surface area contributed by atoms with Gasteiger partial charge in [-0.3, -0.25) is 0 Å². The van der Waals surface area contributed by atoms with E-state index in [1.165, 1.54) is 27.8 Å². The van der Waals surface area contributed by atoms with Gasteiger partial charge >= 0.3 is 0 Å². The van der Waals surface area contributed by atoms with Crippen LogP contribution in [0.25, 0.3) is 12.2 Å². The molecule has 2 rings (SSSR count). The van der Waals surface area contributed by atoms with Gasteiger partial charge in [-0.15, -0.1) is 0 Å². The van der Waals surface area contributed by atoms with Gasteiger partial charge in [-0.2, -0.15) is 0 Å².